The standard InChI is InChI=1S/C20H40N4O/c1-3-4-14-24-15-11-18(12-16-24)23-20(21-2)22-13-17-25-19-9-7-5-6-8-10-19/h18-19H,3-17H2,1-2H3,(H2,21,22,23). The molecule has 0 aromatic carbocycles. The summed E-state index contributed by atoms with van der Waals surface area (Å²) in [7, 11) is 1.86. The highest BCUT2D eigenvalue weighted by molar-refractivity contribution is 5.79. The van der Waals surface area contributed by atoms with E-state index in [1.807, 2.05) is 7.05 Å². The molecule has 2 rings (SSSR count). The fourth-order valence-electron chi connectivity index (χ4n) is 3.87. The maximum Gasteiger partial charge on any atom is 0.191 e. The number of rotatable bonds is 8. The molecule has 0 spiro atoms. The van der Waals surface area contributed by atoms with Crippen LogP contribution in [0.4, 0.5) is 0 Å². The van der Waals surface area contributed by atoms with Gasteiger partial charge in [0.1, 0.15) is 0 Å². The summed E-state index contributed by atoms with van der Waals surface area (Å²) in [6.07, 6.45) is 13.4. The topological polar surface area (TPSA) is 48.9 Å². The van der Waals surface area contributed by atoms with E-state index in [0.717, 1.165) is 19.1 Å². The molecular weight excluding hydrogens is 312 g/mol. The van der Waals surface area contributed by atoms with Gasteiger partial charge in [0.15, 0.2) is 5.96 Å². The van der Waals surface area contributed by atoms with Gasteiger partial charge in [0.2, 0.25) is 0 Å². The van der Waals surface area contributed by atoms with Crippen LogP contribution < -0.4 is 10.6 Å². The van der Waals surface area contributed by atoms with Crippen molar-refractivity contribution in [1.29, 1.82) is 0 Å². The van der Waals surface area contributed by atoms with Crippen LogP contribution in [0.3, 0.4) is 0 Å². The Morgan fingerprint density at radius 3 is 2.44 bits per heavy atom. The average molecular weight is 353 g/mol. The van der Waals surface area contributed by atoms with E-state index < -0.39 is 0 Å². The van der Waals surface area contributed by atoms with Crippen molar-refractivity contribution in [3.05, 3.63) is 0 Å². The molecule has 1 aliphatic heterocycles. The Morgan fingerprint density at radius 2 is 1.80 bits per heavy atom. The van der Waals surface area contributed by atoms with E-state index >= 15 is 0 Å². The predicted octanol–water partition coefficient (Wildman–Crippen LogP) is 3.16. The number of likely N-dealkylation sites (tertiary alicyclic amines) is 1. The van der Waals surface area contributed by atoms with Crippen LogP contribution in [0, 0.1) is 0 Å². The van der Waals surface area contributed by atoms with Gasteiger partial charge in [-0.1, -0.05) is 39.0 Å². The smallest absolute Gasteiger partial charge is 0.191 e. The zero-order chi connectivity index (χ0) is 17.7. The zero-order valence-corrected chi connectivity index (χ0v) is 16.6. The lowest BCUT2D eigenvalue weighted by atomic mass is 10.0. The van der Waals surface area contributed by atoms with Crippen LogP contribution in [0.5, 0.6) is 0 Å². The van der Waals surface area contributed by atoms with Gasteiger partial charge < -0.3 is 20.3 Å². The van der Waals surface area contributed by atoms with Crippen molar-refractivity contribution in [1.82, 2.24) is 15.5 Å². The second kappa shape index (κ2) is 12.5. The van der Waals surface area contributed by atoms with Crippen LogP contribution in [0.25, 0.3) is 0 Å². The predicted molar refractivity (Wildman–Crippen MR) is 106 cm³/mol. The van der Waals surface area contributed by atoms with Crippen molar-refractivity contribution in [2.75, 3.05) is 39.8 Å². The minimum Gasteiger partial charge on any atom is -0.376 e. The lowest BCUT2D eigenvalue weighted by Crippen LogP contribution is -2.49. The Hall–Kier alpha value is -0.810. The Labute approximate surface area is 155 Å². The number of guanidine groups is 1. The highest BCUT2D eigenvalue weighted by Crippen LogP contribution is 2.19. The fourth-order valence-corrected chi connectivity index (χ4v) is 3.87. The van der Waals surface area contributed by atoms with Gasteiger partial charge in [-0.05, 0) is 38.6 Å². The molecule has 0 amide bonds. The van der Waals surface area contributed by atoms with E-state index in [-0.39, 0.29) is 0 Å². The summed E-state index contributed by atoms with van der Waals surface area (Å²) in [5.41, 5.74) is 0. The fraction of sp³-hybridized carbons (Fsp3) is 0.950. The second-order valence-corrected chi connectivity index (χ2v) is 7.60. The molecule has 0 unspecified atom stereocenters. The molecule has 0 atom stereocenters. The molecule has 5 nitrogen and oxygen atoms in total. The van der Waals surface area contributed by atoms with Gasteiger partial charge in [-0.2, -0.15) is 0 Å². The molecule has 0 radical (unpaired) electrons. The Morgan fingerprint density at radius 1 is 1.08 bits per heavy atom. The van der Waals surface area contributed by atoms with Crippen molar-refractivity contribution in [2.45, 2.75) is 83.3 Å². The maximum absolute atomic E-state index is 6.05. The summed E-state index contributed by atoms with van der Waals surface area (Å²) >= 11 is 0. The summed E-state index contributed by atoms with van der Waals surface area (Å²) in [5.74, 6) is 0.927. The number of ether oxygens (including phenoxy) is 1. The summed E-state index contributed by atoms with van der Waals surface area (Å²) in [5, 5.41) is 7.01. The largest absolute Gasteiger partial charge is 0.376 e. The van der Waals surface area contributed by atoms with Crippen molar-refractivity contribution in [3.8, 4) is 0 Å². The van der Waals surface area contributed by atoms with Gasteiger partial charge in [-0.15, -0.1) is 0 Å². The highest BCUT2D eigenvalue weighted by Gasteiger charge is 2.19. The first kappa shape index (κ1) is 20.5. The molecule has 2 fully saturated rings. The Balaban J connectivity index is 1.56. The number of unbranched alkanes of at least 4 members (excludes halogenated alkanes) is 1. The van der Waals surface area contributed by atoms with Gasteiger partial charge in [-0.25, -0.2) is 0 Å². The van der Waals surface area contributed by atoms with Gasteiger partial charge in [0.25, 0.3) is 0 Å². The molecule has 0 bridgehead atoms. The Bertz CT molecular complexity index is 359. The number of piperidine rings is 1. The Kier molecular flexibility index (Phi) is 10.3. The van der Waals surface area contributed by atoms with Crippen molar-refractivity contribution in [2.24, 2.45) is 4.99 Å². The average Bonchev–Trinajstić information content (AvgIpc) is 2.92. The van der Waals surface area contributed by atoms with Crippen LogP contribution in [0.1, 0.15) is 71.1 Å². The third-order valence-electron chi connectivity index (χ3n) is 5.53. The summed E-state index contributed by atoms with van der Waals surface area (Å²) in [4.78, 5) is 6.97. The number of aliphatic imine (C=N–C) groups is 1. The minimum absolute atomic E-state index is 0.478. The SMILES string of the molecule is CCCCN1CCC(NC(=NC)NCCOC2CCCCCC2)CC1. The zero-order valence-electron chi connectivity index (χ0n) is 16.6. The molecule has 0 aromatic heterocycles. The monoisotopic (exact) mass is 352 g/mol. The van der Waals surface area contributed by atoms with E-state index in [4.69, 9.17) is 4.74 Å². The molecule has 2 aliphatic rings. The van der Waals surface area contributed by atoms with Gasteiger partial charge in [0.05, 0.1) is 12.7 Å². The molecule has 5 heteroatoms. The summed E-state index contributed by atoms with van der Waals surface area (Å²) < 4.78 is 6.05. The molecular formula is C20H40N4O. The summed E-state index contributed by atoms with van der Waals surface area (Å²) in [6.45, 7) is 7.56. The van der Waals surface area contributed by atoms with Crippen molar-refractivity contribution < 1.29 is 4.74 Å². The highest BCUT2D eigenvalue weighted by atomic mass is 16.5. The number of nitrogens with zero attached hydrogens (tertiary/aromatic N) is 2. The maximum atomic E-state index is 6.05. The first-order chi connectivity index (χ1) is 12.3. The third kappa shape index (κ3) is 8.41. The van der Waals surface area contributed by atoms with Crippen molar-refractivity contribution in [3.63, 3.8) is 0 Å². The third-order valence-corrected chi connectivity index (χ3v) is 5.53. The normalized spacial score (nSPS) is 21.9. The van der Waals surface area contributed by atoms with Crippen LogP contribution in [-0.2, 0) is 4.74 Å². The molecule has 25 heavy (non-hydrogen) atoms. The van der Waals surface area contributed by atoms with E-state index in [9.17, 15) is 0 Å². The lowest BCUT2D eigenvalue weighted by molar-refractivity contribution is 0.0467. The minimum atomic E-state index is 0.478. The van der Waals surface area contributed by atoms with Gasteiger partial charge in [-0.3, -0.25) is 4.99 Å². The van der Waals surface area contributed by atoms with E-state index in [1.165, 1.54) is 83.8 Å². The lowest BCUT2D eigenvalue weighted by Gasteiger charge is -2.33. The first-order valence-corrected chi connectivity index (χ1v) is 10.6. The molecule has 1 saturated heterocycles. The summed E-state index contributed by atoms with van der Waals surface area (Å²) in [6, 6.07) is 0.548. The molecule has 1 heterocycles. The van der Waals surface area contributed by atoms with E-state index in [1.54, 1.807) is 0 Å². The van der Waals surface area contributed by atoms with Crippen LogP contribution in [-0.4, -0.2) is 62.8 Å². The molecule has 1 aliphatic carbocycles. The molecule has 2 N–H and O–H groups in total. The van der Waals surface area contributed by atoms with Crippen LogP contribution >= 0.6 is 0 Å². The number of hydrogen-bond donors (Lipinski definition) is 2. The van der Waals surface area contributed by atoms with Crippen LogP contribution in [0.15, 0.2) is 4.99 Å². The van der Waals surface area contributed by atoms with Gasteiger partial charge >= 0.3 is 0 Å². The number of hydrogen-bond acceptors (Lipinski definition) is 3. The molecule has 0 aromatic rings. The number of nitrogens with one attached hydrogen (secondary N) is 2. The molecule has 1 saturated carbocycles. The first-order valence-electron chi connectivity index (χ1n) is 10.6. The van der Waals surface area contributed by atoms with Crippen molar-refractivity contribution >= 4 is 5.96 Å². The second-order valence-electron chi connectivity index (χ2n) is 7.60. The van der Waals surface area contributed by atoms with E-state index in [2.05, 4.69) is 27.4 Å². The van der Waals surface area contributed by atoms with Crippen LogP contribution in [0.2, 0.25) is 0 Å². The molecule has 146 valence electrons. The van der Waals surface area contributed by atoms with E-state index in [0.29, 0.717) is 12.1 Å². The van der Waals surface area contributed by atoms with Gasteiger partial charge in [0, 0.05) is 32.7 Å². The quantitative estimate of drug-likeness (QED) is 0.305.